The fourth-order valence-electron chi connectivity index (χ4n) is 1.48. The summed E-state index contributed by atoms with van der Waals surface area (Å²) < 4.78 is 7.07. The molecular weight excluding hydrogens is 232 g/mol. The summed E-state index contributed by atoms with van der Waals surface area (Å²) in [6.45, 7) is 0. The molecule has 0 bridgehead atoms. The van der Waals surface area contributed by atoms with E-state index in [1.807, 2.05) is 54.9 Å². The van der Waals surface area contributed by atoms with Crippen LogP contribution in [0.3, 0.4) is 0 Å². The molecule has 0 aliphatic carbocycles. The summed E-state index contributed by atoms with van der Waals surface area (Å²) in [4.78, 5) is 0.624. The molecule has 1 N–H and O–H groups in total. The Bertz CT molecular complexity index is 514. The minimum Gasteiger partial charge on any atom is -0.496 e. The highest BCUT2D eigenvalue weighted by atomic mass is 32.1. The third kappa shape index (κ3) is 2.79. The van der Waals surface area contributed by atoms with Crippen molar-refractivity contribution in [2.45, 2.75) is 0 Å². The SMILES string of the molecule is COc1ccccc1C(=S)N[n+]1ccccc1. The van der Waals surface area contributed by atoms with Gasteiger partial charge in [0.1, 0.15) is 5.75 Å². The number of pyridine rings is 1. The number of para-hydroxylation sites is 1. The van der Waals surface area contributed by atoms with Crippen LogP contribution in [0.1, 0.15) is 5.56 Å². The average molecular weight is 245 g/mol. The summed E-state index contributed by atoms with van der Waals surface area (Å²) in [6.07, 6.45) is 3.78. The van der Waals surface area contributed by atoms with Crippen LogP contribution in [0.15, 0.2) is 54.9 Å². The zero-order valence-corrected chi connectivity index (χ0v) is 10.3. The number of hydrogen-bond donors (Lipinski definition) is 1. The Morgan fingerprint density at radius 1 is 1.12 bits per heavy atom. The van der Waals surface area contributed by atoms with Crippen molar-refractivity contribution in [3.8, 4) is 5.75 Å². The molecule has 0 aliphatic rings. The van der Waals surface area contributed by atoms with Crippen LogP contribution in [0.5, 0.6) is 5.75 Å². The molecule has 1 aromatic carbocycles. The average Bonchev–Trinajstić information content (AvgIpc) is 2.40. The molecule has 0 aliphatic heterocycles. The zero-order chi connectivity index (χ0) is 12.1. The second-order valence-corrected chi connectivity index (χ2v) is 3.83. The van der Waals surface area contributed by atoms with Gasteiger partial charge in [-0.25, -0.2) is 0 Å². The lowest BCUT2D eigenvalue weighted by Gasteiger charge is -2.07. The first-order chi connectivity index (χ1) is 8.31. The van der Waals surface area contributed by atoms with Crippen molar-refractivity contribution in [2.24, 2.45) is 0 Å². The maximum atomic E-state index is 5.34. The van der Waals surface area contributed by atoms with Gasteiger partial charge in [0.15, 0.2) is 17.4 Å². The molecule has 0 spiro atoms. The Hall–Kier alpha value is -1.94. The summed E-state index contributed by atoms with van der Waals surface area (Å²) >= 11 is 5.34. The van der Waals surface area contributed by atoms with E-state index in [0.29, 0.717) is 4.99 Å². The first-order valence-corrected chi connectivity index (χ1v) is 5.63. The Labute approximate surface area is 106 Å². The molecule has 0 amide bonds. The number of rotatable bonds is 3. The lowest BCUT2D eigenvalue weighted by molar-refractivity contribution is -0.639. The molecular formula is C13H13N2OS+. The van der Waals surface area contributed by atoms with Gasteiger partial charge in [0, 0.05) is 12.1 Å². The molecule has 0 saturated heterocycles. The van der Waals surface area contributed by atoms with Crippen LogP contribution in [0.4, 0.5) is 0 Å². The van der Waals surface area contributed by atoms with Gasteiger partial charge in [0.25, 0.3) is 0 Å². The topological polar surface area (TPSA) is 25.1 Å². The first-order valence-electron chi connectivity index (χ1n) is 5.22. The van der Waals surface area contributed by atoms with E-state index in [0.717, 1.165) is 11.3 Å². The van der Waals surface area contributed by atoms with Crippen molar-refractivity contribution < 1.29 is 9.41 Å². The van der Waals surface area contributed by atoms with Gasteiger partial charge >= 0.3 is 0 Å². The fourth-order valence-corrected chi connectivity index (χ4v) is 1.76. The minimum absolute atomic E-state index is 0.624. The predicted molar refractivity (Wildman–Crippen MR) is 70.7 cm³/mol. The van der Waals surface area contributed by atoms with Crippen LogP contribution < -0.4 is 14.8 Å². The summed E-state index contributed by atoms with van der Waals surface area (Å²) in [6, 6.07) is 13.5. The number of methoxy groups -OCH3 is 1. The number of hydrogen-bond acceptors (Lipinski definition) is 2. The highest BCUT2D eigenvalue weighted by Crippen LogP contribution is 2.17. The van der Waals surface area contributed by atoms with E-state index in [2.05, 4.69) is 5.43 Å². The van der Waals surface area contributed by atoms with E-state index in [1.54, 1.807) is 11.8 Å². The number of nitrogens with zero attached hydrogens (tertiary/aromatic N) is 1. The highest BCUT2D eigenvalue weighted by Gasteiger charge is 2.10. The first kappa shape index (κ1) is 11.5. The summed E-state index contributed by atoms with van der Waals surface area (Å²) in [5.41, 5.74) is 3.98. The predicted octanol–water partition coefficient (Wildman–Crippen LogP) is 1.90. The van der Waals surface area contributed by atoms with E-state index in [4.69, 9.17) is 17.0 Å². The minimum atomic E-state index is 0.624. The second kappa shape index (κ2) is 5.41. The highest BCUT2D eigenvalue weighted by molar-refractivity contribution is 7.81. The Balaban J connectivity index is 2.20. The van der Waals surface area contributed by atoms with Crippen LogP contribution in [0.2, 0.25) is 0 Å². The van der Waals surface area contributed by atoms with Crippen molar-refractivity contribution >= 4 is 17.2 Å². The fraction of sp³-hybridized carbons (Fsp3) is 0.0769. The van der Waals surface area contributed by atoms with E-state index < -0.39 is 0 Å². The maximum absolute atomic E-state index is 5.34. The van der Waals surface area contributed by atoms with Crippen LogP contribution >= 0.6 is 12.2 Å². The third-order valence-electron chi connectivity index (χ3n) is 2.30. The number of ether oxygens (including phenoxy) is 1. The van der Waals surface area contributed by atoms with Crippen molar-refractivity contribution in [3.05, 3.63) is 60.4 Å². The Morgan fingerprint density at radius 2 is 1.82 bits per heavy atom. The van der Waals surface area contributed by atoms with Crippen LogP contribution in [0, 0.1) is 0 Å². The van der Waals surface area contributed by atoms with Gasteiger partial charge in [0.05, 0.1) is 12.7 Å². The van der Waals surface area contributed by atoms with Gasteiger partial charge in [-0.2, -0.15) is 0 Å². The van der Waals surface area contributed by atoms with E-state index in [1.165, 1.54) is 0 Å². The van der Waals surface area contributed by atoms with Crippen molar-refractivity contribution in [3.63, 3.8) is 0 Å². The number of aromatic nitrogens is 1. The summed E-state index contributed by atoms with van der Waals surface area (Å²) in [5, 5.41) is 0. The van der Waals surface area contributed by atoms with Crippen molar-refractivity contribution in [1.82, 2.24) is 0 Å². The lowest BCUT2D eigenvalue weighted by atomic mass is 10.2. The molecule has 0 unspecified atom stereocenters. The standard InChI is InChI=1S/C13H12N2OS/c1-16-12-8-4-3-7-11(12)13(17)14-15-9-5-2-6-10-15/h2-10H,1H3/p+1. The van der Waals surface area contributed by atoms with E-state index in [-0.39, 0.29) is 0 Å². The van der Waals surface area contributed by atoms with Crippen molar-refractivity contribution in [2.75, 3.05) is 12.5 Å². The molecule has 86 valence electrons. The molecule has 1 aromatic heterocycles. The molecule has 2 rings (SSSR count). The monoisotopic (exact) mass is 245 g/mol. The molecule has 17 heavy (non-hydrogen) atoms. The molecule has 0 fully saturated rings. The zero-order valence-electron chi connectivity index (χ0n) is 9.46. The molecule has 3 nitrogen and oxygen atoms in total. The summed E-state index contributed by atoms with van der Waals surface area (Å²) in [7, 11) is 1.64. The van der Waals surface area contributed by atoms with Crippen LogP contribution in [0.25, 0.3) is 0 Å². The lowest BCUT2D eigenvalue weighted by Crippen LogP contribution is -2.47. The largest absolute Gasteiger partial charge is 0.496 e. The quantitative estimate of drug-likeness (QED) is 0.660. The summed E-state index contributed by atoms with van der Waals surface area (Å²) in [5.74, 6) is 0.765. The van der Waals surface area contributed by atoms with Gasteiger partial charge in [-0.05, 0) is 12.1 Å². The molecule has 0 radical (unpaired) electrons. The number of benzene rings is 1. The number of thiocarbonyl (C=S) groups is 1. The maximum Gasteiger partial charge on any atom is 0.199 e. The Kier molecular flexibility index (Phi) is 3.67. The third-order valence-corrected chi connectivity index (χ3v) is 2.61. The molecule has 0 saturated carbocycles. The van der Waals surface area contributed by atoms with Gasteiger partial charge in [-0.1, -0.05) is 35.1 Å². The van der Waals surface area contributed by atoms with Gasteiger partial charge < -0.3 is 4.74 Å². The van der Waals surface area contributed by atoms with Crippen LogP contribution in [-0.2, 0) is 0 Å². The van der Waals surface area contributed by atoms with Crippen LogP contribution in [-0.4, -0.2) is 12.1 Å². The van der Waals surface area contributed by atoms with Crippen molar-refractivity contribution in [1.29, 1.82) is 0 Å². The molecule has 0 atom stereocenters. The molecule has 1 heterocycles. The van der Waals surface area contributed by atoms with E-state index >= 15 is 0 Å². The molecule has 2 aromatic rings. The number of nitrogens with one attached hydrogen (secondary N) is 1. The van der Waals surface area contributed by atoms with Gasteiger partial charge in [-0.3, -0.25) is 0 Å². The van der Waals surface area contributed by atoms with Gasteiger partial charge in [-0.15, -0.1) is 5.43 Å². The smallest absolute Gasteiger partial charge is 0.199 e. The molecule has 4 heteroatoms. The van der Waals surface area contributed by atoms with Gasteiger partial charge in [0.2, 0.25) is 0 Å². The van der Waals surface area contributed by atoms with E-state index in [9.17, 15) is 0 Å². The second-order valence-electron chi connectivity index (χ2n) is 3.42. The normalized spacial score (nSPS) is 9.71. The Morgan fingerprint density at radius 3 is 2.53 bits per heavy atom.